The average molecular weight is 538 g/mol. The molecule has 0 bridgehead atoms. The summed E-state index contributed by atoms with van der Waals surface area (Å²) in [5.74, 6) is -3.49. The fourth-order valence-electron chi connectivity index (χ4n) is 3.14. The number of aliphatic hydroxyl groups excluding tert-OH is 2. The molecule has 13 nitrogen and oxygen atoms in total. The molecular weight excluding hydrogens is 521 g/mol. The van der Waals surface area contributed by atoms with Crippen LogP contribution in [0.1, 0.15) is 15.9 Å². The van der Waals surface area contributed by atoms with Crippen LogP contribution >= 0.6 is 0 Å². The van der Waals surface area contributed by atoms with Gasteiger partial charge in [-0.1, -0.05) is 6.07 Å². The number of hydrogen-bond donors (Lipinski definition) is 5. The van der Waals surface area contributed by atoms with E-state index in [1.807, 2.05) is 0 Å². The Hall–Kier alpha value is -3.35. The van der Waals surface area contributed by atoms with Crippen LogP contribution in [0.4, 0.5) is 24.7 Å². The van der Waals surface area contributed by atoms with Gasteiger partial charge in [0.1, 0.15) is 29.7 Å². The number of anilines is 2. The van der Waals surface area contributed by atoms with E-state index in [-0.39, 0.29) is 11.5 Å². The van der Waals surface area contributed by atoms with Gasteiger partial charge in [0.2, 0.25) is 6.29 Å². The minimum atomic E-state index is -5.31. The van der Waals surface area contributed by atoms with Crippen molar-refractivity contribution in [3.8, 4) is 0 Å². The zero-order chi connectivity index (χ0) is 26.8. The Bertz CT molecular complexity index is 1240. The van der Waals surface area contributed by atoms with Gasteiger partial charge in [0.15, 0.2) is 6.10 Å². The average Bonchev–Trinajstić information content (AvgIpc) is 2.77. The molecule has 2 aromatic rings. The summed E-state index contributed by atoms with van der Waals surface area (Å²) in [6.45, 7) is 0. The number of esters is 1. The number of carboxylic acid groups (broad SMARTS) is 1. The largest absolute Gasteiger partial charge is 0.479 e. The third kappa shape index (κ3) is 6.45. The molecule has 0 amide bonds. The van der Waals surface area contributed by atoms with Crippen LogP contribution in [-0.2, 0) is 35.0 Å². The minimum absolute atomic E-state index is 0.109. The number of carbonyl (C=O) groups is 2. The number of nitrogens with zero attached hydrogens (tertiary/aromatic N) is 1. The second kappa shape index (κ2) is 10.3. The lowest BCUT2D eigenvalue weighted by Gasteiger charge is -2.39. The summed E-state index contributed by atoms with van der Waals surface area (Å²) < 4.78 is 83.8. The van der Waals surface area contributed by atoms with Crippen molar-refractivity contribution in [2.75, 3.05) is 5.32 Å². The standard InChI is InChI=1S/C19H17F3N2O11S/c20-19(21,22)8-3-1-4-9(7-8)24-15-10(5-2-6-23-15)17(29)34-18-12(26)13(35-36(30,31)32)11(25)14(33-18)16(27)28/h1-7,11-14,18,25-26H,(H,23,24)(H,27,28)(H,30,31,32). The quantitative estimate of drug-likeness (QED) is 0.244. The number of carboxylic acids is 1. The first kappa shape index (κ1) is 27.2. The molecule has 196 valence electrons. The van der Waals surface area contributed by atoms with Gasteiger partial charge in [-0.05, 0) is 30.3 Å². The molecule has 0 spiro atoms. The number of aromatic nitrogens is 1. The van der Waals surface area contributed by atoms with Crippen molar-refractivity contribution < 1.29 is 64.7 Å². The summed E-state index contributed by atoms with van der Waals surface area (Å²) in [5, 5.41) is 32.0. The first-order chi connectivity index (χ1) is 16.7. The van der Waals surface area contributed by atoms with E-state index >= 15 is 0 Å². The van der Waals surface area contributed by atoms with E-state index in [1.54, 1.807) is 0 Å². The molecule has 1 aliphatic heterocycles. The maximum Gasteiger partial charge on any atom is 0.416 e. The van der Waals surface area contributed by atoms with Crippen LogP contribution in [0, 0.1) is 0 Å². The van der Waals surface area contributed by atoms with Crippen LogP contribution in [0.3, 0.4) is 0 Å². The highest BCUT2D eigenvalue weighted by Gasteiger charge is 2.51. The van der Waals surface area contributed by atoms with E-state index in [2.05, 4.69) is 14.5 Å². The van der Waals surface area contributed by atoms with Crippen molar-refractivity contribution in [3.63, 3.8) is 0 Å². The monoisotopic (exact) mass is 538 g/mol. The van der Waals surface area contributed by atoms with Crippen LogP contribution in [0.15, 0.2) is 42.6 Å². The van der Waals surface area contributed by atoms with Crippen molar-refractivity contribution >= 4 is 33.8 Å². The Kier molecular flexibility index (Phi) is 7.82. The summed E-state index contributed by atoms with van der Waals surface area (Å²) in [4.78, 5) is 28.0. The zero-order valence-electron chi connectivity index (χ0n) is 17.6. The number of nitrogens with one attached hydrogen (secondary N) is 1. The highest BCUT2D eigenvalue weighted by atomic mass is 32.3. The van der Waals surface area contributed by atoms with E-state index in [0.29, 0.717) is 0 Å². The molecule has 1 aromatic carbocycles. The number of pyridine rings is 1. The normalized spacial score (nSPS) is 24.7. The fourth-order valence-corrected chi connectivity index (χ4v) is 3.65. The molecule has 1 aliphatic rings. The Morgan fingerprint density at radius 3 is 2.42 bits per heavy atom. The van der Waals surface area contributed by atoms with Gasteiger partial charge in [-0.15, -0.1) is 0 Å². The van der Waals surface area contributed by atoms with E-state index in [4.69, 9.17) is 14.0 Å². The molecular formula is C19H17F3N2O11S. The molecule has 36 heavy (non-hydrogen) atoms. The van der Waals surface area contributed by atoms with Crippen LogP contribution in [-0.4, -0.2) is 75.9 Å². The Labute approximate surface area is 200 Å². The third-order valence-corrected chi connectivity index (χ3v) is 5.19. The molecule has 0 saturated carbocycles. The number of alkyl halides is 3. The number of aliphatic hydroxyl groups is 2. The highest BCUT2D eigenvalue weighted by Crippen LogP contribution is 2.32. The summed E-state index contributed by atoms with van der Waals surface area (Å²) in [5.41, 5.74) is -1.51. The molecule has 5 unspecified atom stereocenters. The Morgan fingerprint density at radius 2 is 1.81 bits per heavy atom. The van der Waals surface area contributed by atoms with Gasteiger partial charge in [-0.2, -0.15) is 21.6 Å². The van der Waals surface area contributed by atoms with Gasteiger partial charge in [0.25, 0.3) is 0 Å². The Balaban J connectivity index is 1.85. The molecule has 0 aliphatic carbocycles. The summed E-state index contributed by atoms with van der Waals surface area (Å²) in [7, 11) is -5.31. The predicted molar refractivity (Wildman–Crippen MR) is 109 cm³/mol. The van der Waals surface area contributed by atoms with Gasteiger partial charge < -0.3 is 30.1 Å². The zero-order valence-corrected chi connectivity index (χ0v) is 18.4. The number of halogens is 3. The first-order valence-corrected chi connectivity index (χ1v) is 11.0. The molecule has 1 aromatic heterocycles. The maximum atomic E-state index is 13.0. The highest BCUT2D eigenvalue weighted by molar-refractivity contribution is 7.80. The molecule has 3 rings (SSSR count). The fraction of sp³-hybridized carbons (Fsp3) is 0.316. The summed E-state index contributed by atoms with van der Waals surface area (Å²) in [6, 6.07) is 6.29. The van der Waals surface area contributed by atoms with E-state index in [9.17, 15) is 46.5 Å². The summed E-state index contributed by atoms with van der Waals surface area (Å²) >= 11 is 0. The molecule has 1 saturated heterocycles. The topological polar surface area (TPSA) is 202 Å². The van der Waals surface area contributed by atoms with E-state index in [0.717, 1.165) is 24.3 Å². The van der Waals surface area contributed by atoms with Crippen molar-refractivity contribution in [2.24, 2.45) is 0 Å². The molecule has 17 heteroatoms. The number of benzene rings is 1. The smallest absolute Gasteiger partial charge is 0.416 e. The SMILES string of the molecule is O=C(OC1OC(C(=O)O)C(O)C(OS(=O)(=O)O)C1O)c1cccnc1Nc1cccc(C(F)(F)F)c1. The number of ether oxygens (including phenoxy) is 2. The van der Waals surface area contributed by atoms with Crippen molar-refractivity contribution in [1.82, 2.24) is 4.98 Å². The van der Waals surface area contributed by atoms with E-state index < -0.39 is 70.3 Å². The van der Waals surface area contributed by atoms with Gasteiger partial charge in [0.05, 0.1) is 5.56 Å². The van der Waals surface area contributed by atoms with Crippen LogP contribution in [0.2, 0.25) is 0 Å². The first-order valence-electron chi connectivity index (χ1n) is 9.68. The van der Waals surface area contributed by atoms with Crippen molar-refractivity contribution in [3.05, 3.63) is 53.7 Å². The lowest BCUT2D eigenvalue weighted by atomic mass is 9.99. The van der Waals surface area contributed by atoms with Gasteiger partial charge in [-0.25, -0.2) is 18.8 Å². The van der Waals surface area contributed by atoms with Crippen LogP contribution < -0.4 is 5.32 Å². The molecule has 2 heterocycles. The number of aliphatic carboxylic acids is 1. The molecule has 5 atom stereocenters. The molecule has 5 N–H and O–H groups in total. The molecule has 0 radical (unpaired) electrons. The maximum absolute atomic E-state index is 13.0. The Morgan fingerprint density at radius 1 is 1.11 bits per heavy atom. The van der Waals surface area contributed by atoms with Gasteiger partial charge in [0, 0.05) is 11.9 Å². The number of rotatable bonds is 7. The number of hydrogen-bond acceptors (Lipinski definition) is 11. The minimum Gasteiger partial charge on any atom is -0.479 e. The number of carbonyl (C=O) groups excluding carboxylic acids is 1. The van der Waals surface area contributed by atoms with E-state index in [1.165, 1.54) is 18.3 Å². The van der Waals surface area contributed by atoms with Crippen molar-refractivity contribution in [1.29, 1.82) is 0 Å². The van der Waals surface area contributed by atoms with Gasteiger partial charge in [-0.3, -0.25) is 4.55 Å². The third-order valence-electron chi connectivity index (χ3n) is 4.72. The van der Waals surface area contributed by atoms with Crippen molar-refractivity contribution in [2.45, 2.75) is 36.9 Å². The van der Waals surface area contributed by atoms with Crippen LogP contribution in [0.5, 0.6) is 0 Å². The summed E-state index contributed by atoms with van der Waals surface area (Å²) in [6.07, 6.45) is -14.9. The van der Waals surface area contributed by atoms with Gasteiger partial charge >= 0.3 is 28.5 Å². The lowest BCUT2D eigenvalue weighted by Crippen LogP contribution is -2.61. The second-order valence-electron chi connectivity index (χ2n) is 7.24. The second-order valence-corrected chi connectivity index (χ2v) is 8.29. The van der Waals surface area contributed by atoms with Crippen LogP contribution in [0.25, 0.3) is 0 Å². The predicted octanol–water partition coefficient (Wildman–Crippen LogP) is 0.720. The lowest BCUT2D eigenvalue weighted by molar-refractivity contribution is -0.274. The molecule has 1 fully saturated rings.